The summed E-state index contributed by atoms with van der Waals surface area (Å²) in [6, 6.07) is 11.2. The van der Waals surface area contributed by atoms with Crippen molar-refractivity contribution < 1.29 is 13.2 Å². The van der Waals surface area contributed by atoms with Crippen molar-refractivity contribution in [3.8, 4) is 21.1 Å². The van der Waals surface area contributed by atoms with E-state index in [2.05, 4.69) is 23.0 Å². The second-order valence-electron chi connectivity index (χ2n) is 6.30. The van der Waals surface area contributed by atoms with Gasteiger partial charge in [0.1, 0.15) is 5.03 Å². The standard InChI is InChI=1S/C20H15ClF3N3S3/c1-3-28-16-9-15(11-4-6-12(21)7-5-11)29-18(16)19-26-13-8-17(30-20(22,23)24)25-10-14(13)27(19)2/h4-10H,3H2,1-2H3. The van der Waals surface area contributed by atoms with Gasteiger partial charge in [0.05, 0.1) is 22.1 Å². The highest BCUT2D eigenvalue weighted by molar-refractivity contribution is 8.00. The number of pyridine rings is 1. The van der Waals surface area contributed by atoms with E-state index < -0.39 is 5.51 Å². The van der Waals surface area contributed by atoms with Crippen molar-refractivity contribution in [1.29, 1.82) is 0 Å². The Morgan fingerprint density at radius 2 is 1.90 bits per heavy atom. The molecule has 10 heteroatoms. The molecule has 0 radical (unpaired) electrons. The maximum atomic E-state index is 12.7. The molecule has 156 valence electrons. The van der Waals surface area contributed by atoms with E-state index >= 15 is 0 Å². The number of nitrogens with zero attached hydrogens (tertiary/aromatic N) is 3. The smallest absolute Gasteiger partial charge is 0.325 e. The van der Waals surface area contributed by atoms with Gasteiger partial charge in [-0.1, -0.05) is 30.7 Å². The van der Waals surface area contributed by atoms with Crippen LogP contribution in [0.4, 0.5) is 13.2 Å². The summed E-state index contributed by atoms with van der Waals surface area (Å²) in [4.78, 5) is 11.8. The first-order valence-corrected chi connectivity index (χ1v) is 11.9. The Bertz CT molecular complexity index is 1200. The van der Waals surface area contributed by atoms with Crippen molar-refractivity contribution in [2.75, 3.05) is 5.75 Å². The zero-order chi connectivity index (χ0) is 21.5. The van der Waals surface area contributed by atoms with Gasteiger partial charge in [-0.3, -0.25) is 0 Å². The van der Waals surface area contributed by atoms with Gasteiger partial charge < -0.3 is 4.57 Å². The van der Waals surface area contributed by atoms with Gasteiger partial charge in [0.25, 0.3) is 0 Å². The van der Waals surface area contributed by atoms with Crippen molar-refractivity contribution in [2.45, 2.75) is 22.4 Å². The van der Waals surface area contributed by atoms with E-state index in [4.69, 9.17) is 11.6 Å². The third-order valence-electron chi connectivity index (χ3n) is 4.29. The SMILES string of the molecule is CCSc1cc(-c2ccc(Cl)cc2)sc1-c1nc2cc(SC(F)(F)F)ncc2n1C. The van der Waals surface area contributed by atoms with Crippen LogP contribution in [-0.2, 0) is 7.05 Å². The zero-order valence-corrected chi connectivity index (χ0v) is 19.0. The quantitative estimate of drug-likeness (QED) is 0.270. The number of benzene rings is 1. The number of hydrogen-bond acceptors (Lipinski definition) is 5. The van der Waals surface area contributed by atoms with Gasteiger partial charge in [0.2, 0.25) is 0 Å². The number of fused-ring (bicyclic) bond motifs is 1. The van der Waals surface area contributed by atoms with Crippen LogP contribution in [0.1, 0.15) is 6.92 Å². The van der Waals surface area contributed by atoms with Crippen molar-refractivity contribution in [2.24, 2.45) is 7.05 Å². The average molecular weight is 486 g/mol. The maximum absolute atomic E-state index is 12.7. The molecule has 0 N–H and O–H groups in total. The molecule has 0 fully saturated rings. The number of thioether (sulfide) groups is 2. The van der Waals surface area contributed by atoms with Crippen molar-refractivity contribution in [3.63, 3.8) is 0 Å². The van der Waals surface area contributed by atoms with Crippen LogP contribution in [-0.4, -0.2) is 25.8 Å². The van der Waals surface area contributed by atoms with Crippen LogP contribution in [0.25, 0.3) is 32.2 Å². The van der Waals surface area contributed by atoms with Gasteiger partial charge in [-0.25, -0.2) is 9.97 Å². The molecule has 30 heavy (non-hydrogen) atoms. The van der Waals surface area contributed by atoms with Crippen LogP contribution in [0.5, 0.6) is 0 Å². The Labute approximate surface area is 188 Å². The third-order valence-corrected chi connectivity index (χ3v) is 7.44. The van der Waals surface area contributed by atoms with Gasteiger partial charge >= 0.3 is 5.51 Å². The topological polar surface area (TPSA) is 30.7 Å². The molecule has 4 aromatic rings. The molecule has 3 aromatic heterocycles. The fourth-order valence-electron chi connectivity index (χ4n) is 3.00. The summed E-state index contributed by atoms with van der Waals surface area (Å²) in [5, 5.41) is 0.560. The molecule has 0 saturated carbocycles. The lowest BCUT2D eigenvalue weighted by Crippen LogP contribution is -2.00. The molecular weight excluding hydrogens is 471 g/mol. The number of aryl methyl sites for hydroxylation is 1. The average Bonchev–Trinajstić information content (AvgIpc) is 3.22. The maximum Gasteiger partial charge on any atom is 0.447 e. The summed E-state index contributed by atoms with van der Waals surface area (Å²) in [5.41, 5.74) is -2.16. The van der Waals surface area contributed by atoms with E-state index in [9.17, 15) is 13.2 Å². The number of imidazole rings is 1. The largest absolute Gasteiger partial charge is 0.447 e. The summed E-state index contributed by atoms with van der Waals surface area (Å²) in [5.74, 6) is 1.60. The molecule has 0 atom stereocenters. The van der Waals surface area contributed by atoms with Crippen molar-refractivity contribution >= 4 is 57.5 Å². The summed E-state index contributed by atoms with van der Waals surface area (Å²) in [7, 11) is 1.85. The minimum absolute atomic E-state index is 0.115. The fraction of sp³-hybridized carbons (Fsp3) is 0.200. The first-order chi connectivity index (χ1) is 14.2. The summed E-state index contributed by atoms with van der Waals surface area (Å²) in [6.45, 7) is 2.08. The minimum Gasteiger partial charge on any atom is -0.325 e. The van der Waals surface area contributed by atoms with E-state index in [-0.39, 0.29) is 16.8 Å². The van der Waals surface area contributed by atoms with Gasteiger partial charge in [-0.15, -0.1) is 23.1 Å². The Morgan fingerprint density at radius 1 is 1.17 bits per heavy atom. The van der Waals surface area contributed by atoms with Crippen LogP contribution in [0.15, 0.2) is 52.5 Å². The lowest BCUT2D eigenvalue weighted by molar-refractivity contribution is -0.0329. The number of rotatable bonds is 5. The first kappa shape index (κ1) is 21.5. The molecule has 1 aromatic carbocycles. The van der Waals surface area contributed by atoms with Crippen LogP contribution in [0, 0.1) is 0 Å². The normalized spacial score (nSPS) is 12.1. The summed E-state index contributed by atoms with van der Waals surface area (Å²) in [6.07, 6.45) is 1.44. The first-order valence-electron chi connectivity index (χ1n) is 8.86. The van der Waals surface area contributed by atoms with Crippen molar-refractivity contribution in [3.05, 3.63) is 47.6 Å². The van der Waals surface area contributed by atoms with Crippen LogP contribution >= 0.6 is 46.5 Å². The molecule has 0 amide bonds. The van der Waals surface area contributed by atoms with Gasteiger partial charge in [0, 0.05) is 33.6 Å². The van der Waals surface area contributed by atoms with Gasteiger partial charge in [-0.05, 0) is 35.6 Å². The zero-order valence-electron chi connectivity index (χ0n) is 15.8. The Hall–Kier alpha value is -1.68. The Balaban J connectivity index is 1.80. The second-order valence-corrected chi connectivity index (χ2v) is 10.2. The number of alkyl halides is 3. The summed E-state index contributed by atoms with van der Waals surface area (Å²) >= 11 is 9.09. The van der Waals surface area contributed by atoms with Crippen LogP contribution in [0.2, 0.25) is 5.02 Å². The molecule has 0 saturated heterocycles. The predicted octanol–water partition coefficient (Wildman–Crippen LogP) is 7.74. The molecular formula is C20H15ClF3N3S3. The lowest BCUT2D eigenvalue weighted by Gasteiger charge is -2.04. The highest BCUT2D eigenvalue weighted by Crippen LogP contribution is 2.43. The number of thiophene rings is 1. The van der Waals surface area contributed by atoms with E-state index in [1.54, 1.807) is 23.1 Å². The minimum atomic E-state index is -4.38. The molecule has 0 aliphatic heterocycles. The Kier molecular flexibility index (Phi) is 6.07. The van der Waals surface area contributed by atoms with Gasteiger partial charge in [0.15, 0.2) is 5.82 Å². The summed E-state index contributed by atoms with van der Waals surface area (Å²) < 4.78 is 40.0. The molecule has 0 aliphatic carbocycles. The molecule has 3 heterocycles. The van der Waals surface area contributed by atoms with Crippen LogP contribution in [0.3, 0.4) is 0 Å². The highest BCUT2D eigenvalue weighted by Gasteiger charge is 2.30. The second kappa shape index (κ2) is 8.45. The molecule has 0 aliphatic rings. The third kappa shape index (κ3) is 4.49. The molecule has 0 spiro atoms. The molecule has 4 rings (SSSR count). The number of halogens is 4. The lowest BCUT2D eigenvalue weighted by atomic mass is 10.2. The molecule has 0 bridgehead atoms. The number of hydrogen-bond donors (Lipinski definition) is 0. The van der Waals surface area contributed by atoms with E-state index in [0.717, 1.165) is 26.0 Å². The highest BCUT2D eigenvalue weighted by atomic mass is 35.5. The van der Waals surface area contributed by atoms with Crippen molar-refractivity contribution in [1.82, 2.24) is 14.5 Å². The number of aromatic nitrogens is 3. The molecule has 3 nitrogen and oxygen atoms in total. The van der Waals surface area contributed by atoms with Crippen LogP contribution < -0.4 is 0 Å². The fourth-order valence-corrected chi connectivity index (χ4v) is 5.83. The Morgan fingerprint density at radius 3 is 2.57 bits per heavy atom. The van der Waals surface area contributed by atoms with E-state index in [1.807, 2.05) is 35.9 Å². The monoisotopic (exact) mass is 485 g/mol. The van der Waals surface area contributed by atoms with E-state index in [1.165, 1.54) is 12.3 Å². The van der Waals surface area contributed by atoms with E-state index in [0.29, 0.717) is 21.9 Å². The molecule has 0 unspecified atom stereocenters. The van der Waals surface area contributed by atoms with Gasteiger partial charge in [-0.2, -0.15) is 13.2 Å². The predicted molar refractivity (Wildman–Crippen MR) is 121 cm³/mol.